The van der Waals surface area contributed by atoms with Gasteiger partial charge in [0.2, 0.25) is 0 Å². The highest BCUT2D eigenvalue weighted by Gasteiger charge is 2.08. The Morgan fingerprint density at radius 1 is 1.42 bits per heavy atom. The molecule has 0 fully saturated rings. The average Bonchev–Trinajstić information content (AvgIpc) is 2.81. The quantitative estimate of drug-likeness (QED) is 0.821. The smallest absolute Gasteiger partial charge is 0.132 e. The molecule has 19 heavy (non-hydrogen) atoms. The summed E-state index contributed by atoms with van der Waals surface area (Å²) in [6.45, 7) is 4.23. The highest BCUT2D eigenvalue weighted by atomic mass is 79.9. The number of furan rings is 1. The van der Waals surface area contributed by atoms with E-state index >= 15 is 0 Å². The molecule has 0 amide bonds. The van der Waals surface area contributed by atoms with Crippen molar-refractivity contribution in [2.45, 2.75) is 39.2 Å². The summed E-state index contributed by atoms with van der Waals surface area (Å²) in [6.07, 6.45) is 4.46. The first kappa shape index (κ1) is 14.1. The predicted octanol–water partition coefficient (Wildman–Crippen LogP) is 3.83. The Morgan fingerprint density at radius 3 is 2.95 bits per heavy atom. The Morgan fingerprint density at radius 2 is 2.26 bits per heavy atom. The molecule has 2 heterocycles. The van der Waals surface area contributed by atoms with Crippen LogP contribution >= 0.6 is 15.9 Å². The Balaban J connectivity index is 2.01. The van der Waals surface area contributed by atoms with Crippen molar-refractivity contribution < 1.29 is 4.42 Å². The summed E-state index contributed by atoms with van der Waals surface area (Å²) in [7, 11) is 0. The van der Waals surface area contributed by atoms with Gasteiger partial charge in [-0.25, -0.2) is 9.97 Å². The van der Waals surface area contributed by atoms with Crippen molar-refractivity contribution in [3.63, 3.8) is 0 Å². The van der Waals surface area contributed by atoms with Crippen LogP contribution < -0.4 is 5.32 Å². The molecule has 0 bridgehead atoms. The molecule has 0 aliphatic carbocycles. The van der Waals surface area contributed by atoms with Crippen LogP contribution in [0.4, 0.5) is 5.82 Å². The number of aromatic nitrogens is 2. The fourth-order valence-corrected chi connectivity index (χ4v) is 2.33. The number of hydrogen-bond donors (Lipinski definition) is 1. The third-order valence-corrected chi connectivity index (χ3v) is 3.10. The highest BCUT2D eigenvalue weighted by Crippen LogP contribution is 2.15. The van der Waals surface area contributed by atoms with Crippen LogP contribution in [0.2, 0.25) is 0 Å². The number of rotatable bonds is 6. The van der Waals surface area contributed by atoms with Crippen molar-refractivity contribution in [2.24, 2.45) is 0 Å². The number of aryl methyl sites for hydroxylation is 1. The van der Waals surface area contributed by atoms with Crippen molar-refractivity contribution >= 4 is 21.7 Å². The number of anilines is 1. The van der Waals surface area contributed by atoms with E-state index in [1.807, 2.05) is 18.2 Å². The van der Waals surface area contributed by atoms with E-state index in [1.54, 1.807) is 6.26 Å². The molecular formula is C14H18BrN3O. The maximum absolute atomic E-state index is 5.35. The van der Waals surface area contributed by atoms with E-state index in [2.05, 4.69) is 45.1 Å². The molecule has 1 N–H and O–H groups in total. The van der Waals surface area contributed by atoms with Crippen LogP contribution in [0, 0.1) is 0 Å². The Labute approximate surface area is 121 Å². The zero-order chi connectivity index (χ0) is 13.7. The van der Waals surface area contributed by atoms with Gasteiger partial charge in [0.15, 0.2) is 0 Å². The first-order valence-corrected chi connectivity index (χ1v) is 7.29. The van der Waals surface area contributed by atoms with Gasteiger partial charge in [0.1, 0.15) is 22.0 Å². The first-order valence-electron chi connectivity index (χ1n) is 6.49. The number of nitrogens with zero attached hydrogens (tertiary/aromatic N) is 2. The Kier molecular flexibility index (Phi) is 4.96. The molecule has 1 atom stereocenters. The summed E-state index contributed by atoms with van der Waals surface area (Å²) >= 11 is 3.42. The largest absolute Gasteiger partial charge is 0.469 e. The lowest BCUT2D eigenvalue weighted by Crippen LogP contribution is -2.19. The van der Waals surface area contributed by atoms with Crippen molar-refractivity contribution in [2.75, 3.05) is 5.32 Å². The topological polar surface area (TPSA) is 51.0 Å². The fraction of sp³-hybridized carbons (Fsp3) is 0.429. The minimum atomic E-state index is 0.252. The van der Waals surface area contributed by atoms with E-state index in [0.29, 0.717) is 0 Å². The van der Waals surface area contributed by atoms with Gasteiger partial charge in [-0.3, -0.25) is 0 Å². The summed E-state index contributed by atoms with van der Waals surface area (Å²) in [6, 6.07) is 6.04. The van der Waals surface area contributed by atoms with Gasteiger partial charge < -0.3 is 9.73 Å². The van der Waals surface area contributed by atoms with Gasteiger partial charge in [0.25, 0.3) is 0 Å². The standard InChI is InChI=1S/C14H18BrN3O/c1-3-5-13-17-12(15)9-14(18-13)16-10(2)8-11-6-4-7-19-11/h4,6-7,9-10H,3,5,8H2,1-2H3,(H,16,17,18). The molecule has 0 saturated carbocycles. The third-order valence-electron chi connectivity index (χ3n) is 2.70. The molecule has 5 heteroatoms. The lowest BCUT2D eigenvalue weighted by atomic mass is 10.2. The van der Waals surface area contributed by atoms with Gasteiger partial charge >= 0.3 is 0 Å². The summed E-state index contributed by atoms with van der Waals surface area (Å²) in [5, 5.41) is 3.38. The number of halogens is 1. The minimum absolute atomic E-state index is 0.252. The molecule has 0 spiro atoms. The lowest BCUT2D eigenvalue weighted by Gasteiger charge is -2.14. The van der Waals surface area contributed by atoms with Crippen LogP contribution in [0.3, 0.4) is 0 Å². The van der Waals surface area contributed by atoms with E-state index in [1.165, 1.54) is 0 Å². The molecule has 4 nitrogen and oxygen atoms in total. The average molecular weight is 324 g/mol. The van der Waals surface area contributed by atoms with E-state index in [9.17, 15) is 0 Å². The van der Waals surface area contributed by atoms with Crippen LogP contribution in [0.25, 0.3) is 0 Å². The normalized spacial score (nSPS) is 12.4. The van der Waals surface area contributed by atoms with E-state index in [-0.39, 0.29) is 6.04 Å². The van der Waals surface area contributed by atoms with Crippen molar-refractivity contribution in [3.8, 4) is 0 Å². The van der Waals surface area contributed by atoms with Gasteiger partial charge in [-0.05, 0) is 41.4 Å². The van der Waals surface area contributed by atoms with Gasteiger partial charge in [0, 0.05) is 24.9 Å². The number of nitrogens with one attached hydrogen (secondary N) is 1. The van der Waals surface area contributed by atoms with E-state index < -0.39 is 0 Å². The molecule has 2 rings (SSSR count). The molecule has 0 aromatic carbocycles. The molecule has 1 unspecified atom stereocenters. The van der Waals surface area contributed by atoms with Gasteiger partial charge in [0.05, 0.1) is 6.26 Å². The Hall–Kier alpha value is -1.36. The van der Waals surface area contributed by atoms with Crippen molar-refractivity contribution in [1.82, 2.24) is 9.97 Å². The SMILES string of the molecule is CCCc1nc(Br)cc(NC(C)Cc2ccco2)n1. The number of hydrogen-bond acceptors (Lipinski definition) is 4. The monoisotopic (exact) mass is 323 g/mol. The van der Waals surface area contributed by atoms with Gasteiger partial charge in [-0.1, -0.05) is 6.92 Å². The van der Waals surface area contributed by atoms with Crippen molar-refractivity contribution in [1.29, 1.82) is 0 Å². The third kappa shape index (κ3) is 4.35. The molecular weight excluding hydrogens is 306 g/mol. The van der Waals surface area contributed by atoms with Crippen LogP contribution in [-0.2, 0) is 12.8 Å². The summed E-state index contributed by atoms with van der Waals surface area (Å²) in [5.74, 6) is 2.69. The fourth-order valence-electron chi connectivity index (χ4n) is 1.91. The zero-order valence-corrected chi connectivity index (χ0v) is 12.8. The van der Waals surface area contributed by atoms with Gasteiger partial charge in [-0.2, -0.15) is 0 Å². The first-order chi connectivity index (χ1) is 9.17. The minimum Gasteiger partial charge on any atom is -0.469 e. The molecule has 2 aromatic rings. The van der Waals surface area contributed by atoms with Crippen LogP contribution in [0.15, 0.2) is 33.5 Å². The second kappa shape index (κ2) is 6.70. The molecule has 0 saturated heterocycles. The lowest BCUT2D eigenvalue weighted by molar-refractivity contribution is 0.497. The second-order valence-corrected chi connectivity index (χ2v) is 5.38. The molecule has 102 valence electrons. The van der Waals surface area contributed by atoms with Crippen LogP contribution in [-0.4, -0.2) is 16.0 Å². The summed E-state index contributed by atoms with van der Waals surface area (Å²) in [4.78, 5) is 8.86. The van der Waals surface area contributed by atoms with Crippen LogP contribution in [0.5, 0.6) is 0 Å². The van der Waals surface area contributed by atoms with E-state index in [4.69, 9.17) is 4.42 Å². The zero-order valence-electron chi connectivity index (χ0n) is 11.2. The van der Waals surface area contributed by atoms with Crippen molar-refractivity contribution in [3.05, 3.63) is 40.7 Å². The predicted molar refractivity (Wildman–Crippen MR) is 79.2 cm³/mol. The summed E-state index contributed by atoms with van der Waals surface area (Å²) in [5.41, 5.74) is 0. The maximum atomic E-state index is 5.35. The summed E-state index contributed by atoms with van der Waals surface area (Å²) < 4.78 is 6.16. The molecule has 0 aliphatic rings. The molecule has 0 radical (unpaired) electrons. The van der Waals surface area contributed by atoms with E-state index in [0.717, 1.165) is 41.3 Å². The van der Waals surface area contributed by atoms with Crippen LogP contribution in [0.1, 0.15) is 31.9 Å². The Bertz CT molecular complexity index is 513. The molecule has 0 aliphatic heterocycles. The maximum Gasteiger partial charge on any atom is 0.132 e. The highest BCUT2D eigenvalue weighted by molar-refractivity contribution is 9.10. The van der Waals surface area contributed by atoms with Gasteiger partial charge in [-0.15, -0.1) is 0 Å². The molecule has 2 aromatic heterocycles. The second-order valence-electron chi connectivity index (χ2n) is 4.57.